The van der Waals surface area contributed by atoms with Gasteiger partial charge < -0.3 is 18.9 Å². The van der Waals surface area contributed by atoms with Crippen molar-refractivity contribution >= 4 is 11.4 Å². The lowest BCUT2D eigenvalue weighted by Gasteiger charge is -2.45. The van der Waals surface area contributed by atoms with Crippen LogP contribution in [0.15, 0.2) is 34.5 Å². The summed E-state index contributed by atoms with van der Waals surface area (Å²) < 4.78 is 22.8. The zero-order valence-corrected chi connectivity index (χ0v) is 29.3. The zero-order chi connectivity index (χ0) is 32.5. The molecule has 2 saturated heterocycles. The minimum absolute atomic E-state index is 0.284. The number of methoxy groups -OCH3 is 4. The Hall–Kier alpha value is -3.10. The molecule has 6 rings (SSSR count). The van der Waals surface area contributed by atoms with E-state index < -0.39 is 0 Å². The highest BCUT2D eigenvalue weighted by Crippen LogP contribution is 2.45. The fourth-order valence-corrected chi connectivity index (χ4v) is 8.51. The van der Waals surface area contributed by atoms with Crippen LogP contribution in [-0.4, -0.2) is 75.8 Å². The van der Waals surface area contributed by atoms with Gasteiger partial charge in [0.1, 0.15) is 0 Å². The average Bonchev–Trinajstić information content (AvgIpc) is 3.05. The number of ether oxygens (including phenoxy) is 4. The van der Waals surface area contributed by atoms with Gasteiger partial charge in [-0.25, -0.2) is 0 Å². The fraction of sp³-hybridized carbons (Fsp3) is 0.632. The van der Waals surface area contributed by atoms with E-state index in [9.17, 15) is 0 Å². The SMILES string of the molecule is COc1cc2c(cc1OC)C1C/C(=N/N=C3/CC4c5cc(OC)c(OC)cc5CCN4CC3CC(C)C)C(CC(C)C)CN1CC2. The van der Waals surface area contributed by atoms with Crippen LogP contribution in [0.2, 0.25) is 0 Å². The van der Waals surface area contributed by atoms with Crippen molar-refractivity contribution in [2.75, 3.05) is 54.6 Å². The number of fused-ring (bicyclic) bond motifs is 6. The van der Waals surface area contributed by atoms with E-state index in [4.69, 9.17) is 29.2 Å². The van der Waals surface area contributed by atoms with Gasteiger partial charge in [0.15, 0.2) is 23.0 Å². The van der Waals surface area contributed by atoms with Gasteiger partial charge in [-0.05, 0) is 84.0 Å². The number of benzene rings is 2. The van der Waals surface area contributed by atoms with Gasteiger partial charge >= 0.3 is 0 Å². The van der Waals surface area contributed by atoms with Crippen molar-refractivity contribution in [3.8, 4) is 23.0 Å². The van der Waals surface area contributed by atoms with E-state index in [-0.39, 0.29) is 12.1 Å². The number of piperidine rings is 2. The smallest absolute Gasteiger partial charge is 0.161 e. The largest absolute Gasteiger partial charge is 0.493 e. The highest BCUT2D eigenvalue weighted by Gasteiger charge is 2.40. The van der Waals surface area contributed by atoms with E-state index in [1.165, 1.54) is 33.7 Å². The van der Waals surface area contributed by atoms with Gasteiger partial charge in [0.25, 0.3) is 0 Å². The average molecular weight is 631 g/mol. The molecule has 8 nitrogen and oxygen atoms in total. The van der Waals surface area contributed by atoms with Crippen molar-refractivity contribution < 1.29 is 18.9 Å². The standard InChI is InChI=1S/C38H54N4O4/c1-23(2)13-27-21-41-11-9-25-15-35(43-5)37(45-7)17-29(25)33(41)19-31(27)39-40-32-20-34-30-18-38(46-8)36(44-6)16-26(30)10-12-42(34)22-28(32)14-24(3)4/h15-18,23-24,27-28,33-34H,9-14,19-22H2,1-8H3/b39-31-,40-32-. The first kappa shape index (κ1) is 32.8. The summed E-state index contributed by atoms with van der Waals surface area (Å²) in [6.07, 6.45) is 6.13. The predicted molar refractivity (Wildman–Crippen MR) is 185 cm³/mol. The highest BCUT2D eigenvalue weighted by atomic mass is 16.5. The van der Waals surface area contributed by atoms with E-state index in [1.54, 1.807) is 28.4 Å². The Balaban J connectivity index is 1.35. The van der Waals surface area contributed by atoms with Crippen molar-refractivity contribution in [1.29, 1.82) is 0 Å². The molecule has 0 radical (unpaired) electrons. The Labute approximate surface area is 276 Å². The van der Waals surface area contributed by atoms with E-state index in [0.29, 0.717) is 23.7 Å². The molecule has 46 heavy (non-hydrogen) atoms. The third-order valence-corrected chi connectivity index (χ3v) is 10.7. The van der Waals surface area contributed by atoms with E-state index in [1.807, 2.05) is 0 Å². The Morgan fingerprint density at radius 1 is 0.609 bits per heavy atom. The molecule has 2 aromatic rings. The zero-order valence-electron chi connectivity index (χ0n) is 29.3. The number of rotatable bonds is 9. The fourth-order valence-electron chi connectivity index (χ4n) is 8.51. The molecule has 0 amide bonds. The summed E-state index contributed by atoms with van der Waals surface area (Å²) in [5.41, 5.74) is 7.93. The van der Waals surface area contributed by atoms with Crippen molar-refractivity contribution in [2.24, 2.45) is 33.9 Å². The molecular weight excluding hydrogens is 576 g/mol. The minimum atomic E-state index is 0.284. The third-order valence-electron chi connectivity index (χ3n) is 10.7. The molecular formula is C38H54N4O4. The van der Waals surface area contributed by atoms with Crippen LogP contribution < -0.4 is 18.9 Å². The second-order valence-electron chi connectivity index (χ2n) is 14.6. The summed E-state index contributed by atoms with van der Waals surface area (Å²) in [6, 6.07) is 9.34. The minimum Gasteiger partial charge on any atom is -0.493 e. The topological polar surface area (TPSA) is 68.1 Å². The normalized spacial score (nSPS) is 26.5. The first-order valence-electron chi connectivity index (χ1n) is 17.3. The lowest BCUT2D eigenvalue weighted by Crippen LogP contribution is -2.47. The van der Waals surface area contributed by atoms with Crippen molar-refractivity contribution in [3.05, 3.63) is 46.5 Å². The number of hydrogen-bond donors (Lipinski definition) is 0. The quantitative estimate of drug-likeness (QED) is 0.274. The predicted octanol–water partition coefficient (Wildman–Crippen LogP) is 7.15. The Morgan fingerprint density at radius 3 is 1.33 bits per heavy atom. The molecule has 2 fully saturated rings. The van der Waals surface area contributed by atoms with E-state index >= 15 is 0 Å². The molecule has 0 N–H and O–H groups in total. The highest BCUT2D eigenvalue weighted by molar-refractivity contribution is 5.92. The van der Waals surface area contributed by atoms with Crippen LogP contribution in [-0.2, 0) is 12.8 Å². The maximum Gasteiger partial charge on any atom is 0.161 e. The Morgan fingerprint density at radius 2 is 0.978 bits per heavy atom. The lowest BCUT2D eigenvalue weighted by molar-refractivity contribution is 0.146. The number of nitrogens with zero attached hydrogens (tertiary/aromatic N) is 4. The molecule has 0 spiro atoms. The van der Waals surface area contributed by atoms with Crippen LogP contribution >= 0.6 is 0 Å². The van der Waals surface area contributed by atoms with E-state index in [0.717, 1.165) is 87.7 Å². The van der Waals surface area contributed by atoms with Crippen molar-refractivity contribution in [2.45, 2.75) is 78.3 Å². The van der Waals surface area contributed by atoms with Gasteiger partial charge in [0.2, 0.25) is 0 Å². The second kappa shape index (κ2) is 13.9. The van der Waals surface area contributed by atoms with Crippen LogP contribution in [0.1, 0.15) is 87.7 Å². The first-order valence-corrected chi connectivity index (χ1v) is 17.3. The lowest BCUT2D eigenvalue weighted by atomic mass is 9.79. The summed E-state index contributed by atoms with van der Waals surface area (Å²) in [7, 11) is 6.89. The summed E-state index contributed by atoms with van der Waals surface area (Å²) in [5.74, 6) is 5.26. The van der Waals surface area contributed by atoms with Crippen LogP contribution in [0.3, 0.4) is 0 Å². The molecule has 8 heteroatoms. The van der Waals surface area contributed by atoms with Gasteiger partial charge in [-0.15, -0.1) is 0 Å². The van der Waals surface area contributed by atoms with E-state index in [2.05, 4.69) is 61.8 Å². The van der Waals surface area contributed by atoms with Gasteiger partial charge in [0.05, 0.1) is 28.4 Å². The molecule has 0 aromatic heterocycles. The molecule has 2 aromatic carbocycles. The summed E-state index contributed by atoms with van der Waals surface area (Å²) in [5, 5.41) is 10.5. The second-order valence-corrected chi connectivity index (χ2v) is 14.6. The van der Waals surface area contributed by atoms with Crippen LogP contribution in [0, 0.1) is 23.7 Å². The van der Waals surface area contributed by atoms with Crippen LogP contribution in [0.5, 0.6) is 23.0 Å². The molecule has 0 aliphatic carbocycles. The molecule has 4 aliphatic heterocycles. The first-order chi connectivity index (χ1) is 22.2. The molecule has 0 bridgehead atoms. The monoisotopic (exact) mass is 630 g/mol. The molecule has 4 heterocycles. The summed E-state index contributed by atoms with van der Waals surface area (Å²) in [4.78, 5) is 5.35. The Kier molecular flexibility index (Phi) is 9.95. The maximum atomic E-state index is 5.73. The van der Waals surface area contributed by atoms with Crippen LogP contribution in [0.4, 0.5) is 0 Å². The Bertz CT molecular complexity index is 1360. The summed E-state index contributed by atoms with van der Waals surface area (Å²) >= 11 is 0. The molecule has 0 saturated carbocycles. The third kappa shape index (κ3) is 6.52. The molecule has 4 atom stereocenters. The number of hydrogen-bond acceptors (Lipinski definition) is 8. The maximum absolute atomic E-state index is 5.73. The summed E-state index contributed by atoms with van der Waals surface area (Å²) in [6.45, 7) is 13.5. The van der Waals surface area contributed by atoms with Gasteiger partial charge in [0, 0.05) is 74.4 Å². The van der Waals surface area contributed by atoms with Crippen LogP contribution in [0.25, 0.3) is 0 Å². The molecule has 4 unspecified atom stereocenters. The van der Waals surface area contributed by atoms with Crippen molar-refractivity contribution in [1.82, 2.24) is 9.80 Å². The van der Waals surface area contributed by atoms with Gasteiger partial charge in [-0.3, -0.25) is 9.80 Å². The molecule has 250 valence electrons. The van der Waals surface area contributed by atoms with Gasteiger partial charge in [-0.2, -0.15) is 10.2 Å². The van der Waals surface area contributed by atoms with Crippen molar-refractivity contribution in [3.63, 3.8) is 0 Å². The van der Waals surface area contributed by atoms with Gasteiger partial charge in [-0.1, -0.05) is 27.7 Å². The molecule has 4 aliphatic rings.